The number of hydrogen-bond acceptors (Lipinski definition) is 6. The predicted octanol–water partition coefficient (Wildman–Crippen LogP) is 1.20. The molecule has 24 heavy (non-hydrogen) atoms. The highest BCUT2D eigenvalue weighted by molar-refractivity contribution is 7.91. The van der Waals surface area contributed by atoms with E-state index in [1.807, 2.05) is 0 Å². The van der Waals surface area contributed by atoms with Gasteiger partial charge in [0.05, 0.1) is 27.7 Å². The Hall–Kier alpha value is -2.45. The summed E-state index contributed by atoms with van der Waals surface area (Å²) in [7, 11) is -3.68. The molecule has 0 bridgehead atoms. The van der Waals surface area contributed by atoms with Gasteiger partial charge in [0.15, 0.2) is 5.03 Å². The van der Waals surface area contributed by atoms with Crippen LogP contribution in [0, 0.1) is 0 Å². The molecular formula is C16H17N5O2S. The fourth-order valence-electron chi connectivity index (χ4n) is 2.96. The molecule has 3 heterocycles. The molecule has 0 radical (unpaired) electrons. The zero-order valence-electron chi connectivity index (χ0n) is 12.9. The van der Waals surface area contributed by atoms with E-state index in [1.54, 1.807) is 42.7 Å². The van der Waals surface area contributed by atoms with Gasteiger partial charge < -0.3 is 10.2 Å². The molecule has 0 aliphatic carbocycles. The lowest BCUT2D eigenvalue weighted by Gasteiger charge is -2.29. The lowest BCUT2D eigenvalue weighted by Crippen LogP contribution is -2.43. The molecule has 1 aliphatic heterocycles. The second-order valence-electron chi connectivity index (χ2n) is 5.66. The zero-order valence-corrected chi connectivity index (χ0v) is 13.8. The molecule has 124 valence electrons. The van der Waals surface area contributed by atoms with E-state index in [-0.39, 0.29) is 9.92 Å². The standard InChI is InChI=1S/C16H17N5O2S/c22-24(23,12-4-2-1-3-5-12)16-13-10-18-11-14(15(13)19-20-16)21-8-6-17-7-9-21/h1-5,10-11,17H,6-9H2,(H,19,20). The van der Waals surface area contributed by atoms with Gasteiger partial charge in [-0.25, -0.2) is 8.42 Å². The van der Waals surface area contributed by atoms with Crippen molar-refractivity contribution in [2.45, 2.75) is 9.92 Å². The number of aromatic amines is 1. The van der Waals surface area contributed by atoms with Crippen LogP contribution in [-0.4, -0.2) is 49.8 Å². The maximum atomic E-state index is 12.9. The number of sulfone groups is 1. The van der Waals surface area contributed by atoms with E-state index in [1.165, 1.54) is 0 Å². The Balaban J connectivity index is 1.84. The molecule has 4 rings (SSSR count). The van der Waals surface area contributed by atoms with E-state index in [2.05, 4.69) is 25.4 Å². The minimum Gasteiger partial charge on any atom is -0.366 e. The summed E-state index contributed by atoms with van der Waals surface area (Å²) in [6, 6.07) is 8.33. The molecule has 1 fully saturated rings. The normalized spacial score (nSPS) is 15.8. The van der Waals surface area contributed by atoms with Crippen molar-refractivity contribution in [1.82, 2.24) is 20.5 Å². The molecule has 2 N–H and O–H groups in total. The monoisotopic (exact) mass is 343 g/mol. The molecule has 0 saturated carbocycles. The molecule has 0 spiro atoms. The van der Waals surface area contributed by atoms with Crippen molar-refractivity contribution in [1.29, 1.82) is 0 Å². The number of anilines is 1. The number of pyridine rings is 1. The first-order valence-electron chi connectivity index (χ1n) is 7.76. The van der Waals surface area contributed by atoms with Crippen molar-refractivity contribution in [2.75, 3.05) is 31.1 Å². The third-order valence-corrected chi connectivity index (χ3v) is 5.90. The van der Waals surface area contributed by atoms with E-state index in [0.29, 0.717) is 10.9 Å². The first-order valence-corrected chi connectivity index (χ1v) is 9.24. The highest BCUT2D eigenvalue weighted by atomic mass is 32.2. The summed E-state index contributed by atoms with van der Waals surface area (Å²) in [6.45, 7) is 3.47. The van der Waals surface area contributed by atoms with Gasteiger partial charge in [-0.15, -0.1) is 0 Å². The second-order valence-corrected chi connectivity index (χ2v) is 7.53. The summed E-state index contributed by atoms with van der Waals surface area (Å²) in [5, 5.41) is 10.8. The maximum absolute atomic E-state index is 12.9. The molecule has 1 saturated heterocycles. The van der Waals surface area contributed by atoms with E-state index < -0.39 is 9.84 Å². The number of fused-ring (bicyclic) bond motifs is 1. The number of nitrogens with zero attached hydrogens (tertiary/aromatic N) is 3. The second kappa shape index (κ2) is 5.88. The number of H-pyrrole nitrogens is 1. The van der Waals surface area contributed by atoms with Gasteiger partial charge in [0, 0.05) is 32.4 Å². The molecule has 2 aromatic heterocycles. The van der Waals surface area contributed by atoms with Crippen LogP contribution in [0.15, 0.2) is 52.6 Å². The average molecular weight is 343 g/mol. The van der Waals surface area contributed by atoms with Crippen LogP contribution in [0.1, 0.15) is 0 Å². The van der Waals surface area contributed by atoms with E-state index in [0.717, 1.165) is 31.9 Å². The quantitative estimate of drug-likeness (QED) is 0.743. The van der Waals surface area contributed by atoms with Gasteiger partial charge in [-0.2, -0.15) is 5.10 Å². The summed E-state index contributed by atoms with van der Waals surface area (Å²) in [5.41, 5.74) is 1.59. The van der Waals surface area contributed by atoms with Crippen LogP contribution >= 0.6 is 0 Å². The van der Waals surface area contributed by atoms with Crippen molar-refractivity contribution in [2.24, 2.45) is 0 Å². The van der Waals surface area contributed by atoms with Gasteiger partial charge >= 0.3 is 0 Å². The molecule has 3 aromatic rings. The Labute approximate surface area is 139 Å². The van der Waals surface area contributed by atoms with Crippen molar-refractivity contribution >= 4 is 26.4 Å². The SMILES string of the molecule is O=S(=O)(c1ccccc1)c1n[nH]c2c(N3CCNCC3)cncc12. The predicted molar refractivity (Wildman–Crippen MR) is 90.9 cm³/mol. The molecule has 7 nitrogen and oxygen atoms in total. The average Bonchev–Trinajstić information content (AvgIpc) is 3.08. The van der Waals surface area contributed by atoms with Crippen molar-refractivity contribution in [3.63, 3.8) is 0 Å². The Morgan fingerprint density at radius 1 is 1.04 bits per heavy atom. The van der Waals surface area contributed by atoms with Crippen LogP contribution in [-0.2, 0) is 9.84 Å². The highest BCUT2D eigenvalue weighted by Crippen LogP contribution is 2.30. The summed E-state index contributed by atoms with van der Waals surface area (Å²) in [4.78, 5) is 6.65. The number of rotatable bonds is 3. The van der Waals surface area contributed by atoms with Crippen LogP contribution in [0.2, 0.25) is 0 Å². The number of piperazine rings is 1. The Morgan fingerprint density at radius 3 is 2.54 bits per heavy atom. The molecule has 0 atom stereocenters. The first kappa shape index (κ1) is 15.1. The fraction of sp³-hybridized carbons (Fsp3) is 0.250. The summed E-state index contributed by atoms with van der Waals surface area (Å²) < 4.78 is 25.7. The Bertz CT molecular complexity index is 963. The van der Waals surface area contributed by atoms with Crippen LogP contribution in [0.5, 0.6) is 0 Å². The van der Waals surface area contributed by atoms with E-state index >= 15 is 0 Å². The summed E-state index contributed by atoms with van der Waals surface area (Å²) in [6.07, 6.45) is 3.31. The largest absolute Gasteiger partial charge is 0.366 e. The highest BCUT2D eigenvalue weighted by Gasteiger charge is 2.25. The minimum atomic E-state index is -3.68. The van der Waals surface area contributed by atoms with Crippen LogP contribution in [0.25, 0.3) is 10.9 Å². The fourth-order valence-corrected chi connectivity index (χ4v) is 4.31. The molecule has 0 amide bonds. The first-order chi connectivity index (χ1) is 11.7. The zero-order chi connectivity index (χ0) is 16.6. The third kappa shape index (κ3) is 2.44. The Morgan fingerprint density at radius 2 is 1.79 bits per heavy atom. The van der Waals surface area contributed by atoms with Crippen LogP contribution in [0.3, 0.4) is 0 Å². The maximum Gasteiger partial charge on any atom is 0.226 e. The van der Waals surface area contributed by atoms with E-state index in [4.69, 9.17) is 0 Å². The number of aromatic nitrogens is 3. The van der Waals surface area contributed by atoms with Gasteiger partial charge in [0.25, 0.3) is 0 Å². The van der Waals surface area contributed by atoms with Crippen LogP contribution in [0.4, 0.5) is 5.69 Å². The summed E-state index contributed by atoms with van der Waals surface area (Å²) >= 11 is 0. The molecule has 8 heteroatoms. The summed E-state index contributed by atoms with van der Waals surface area (Å²) in [5.74, 6) is 0. The van der Waals surface area contributed by atoms with Gasteiger partial charge in [-0.3, -0.25) is 10.1 Å². The van der Waals surface area contributed by atoms with Crippen LogP contribution < -0.4 is 10.2 Å². The van der Waals surface area contributed by atoms with Gasteiger partial charge in [0.1, 0.15) is 0 Å². The lowest BCUT2D eigenvalue weighted by molar-refractivity contribution is 0.589. The van der Waals surface area contributed by atoms with Crippen molar-refractivity contribution < 1.29 is 8.42 Å². The lowest BCUT2D eigenvalue weighted by atomic mass is 10.2. The molecule has 0 unspecified atom stereocenters. The Kier molecular flexibility index (Phi) is 3.70. The smallest absolute Gasteiger partial charge is 0.226 e. The van der Waals surface area contributed by atoms with Gasteiger partial charge in [-0.1, -0.05) is 18.2 Å². The number of nitrogens with one attached hydrogen (secondary N) is 2. The molecule has 1 aromatic carbocycles. The van der Waals surface area contributed by atoms with Gasteiger partial charge in [0.2, 0.25) is 9.84 Å². The topological polar surface area (TPSA) is 91.0 Å². The molecular weight excluding hydrogens is 326 g/mol. The van der Waals surface area contributed by atoms with Crippen molar-refractivity contribution in [3.05, 3.63) is 42.7 Å². The number of hydrogen-bond donors (Lipinski definition) is 2. The van der Waals surface area contributed by atoms with E-state index in [9.17, 15) is 8.42 Å². The van der Waals surface area contributed by atoms with Gasteiger partial charge in [-0.05, 0) is 12.1 Å². The molecule has 1 aliphatic rings. The number of benzene rings is 1. The van der Waals surface area contributed by atoms with Crippen molar-refractivity contribution in [3.8, 4) is 0 Å². The third-order valence-electron chi connectivity index (χ3n) is 4.19. The minimum absolute atomic E-state index is 0.0215.